The van der Waals surface area contributed by atoms with Crippen molar-refractivity contribution >= 4 is 30.6 Å². The van der Waals surface area contributed by atoms with E-state index in [1.807, 2.05) is 19.2 Å². The molecule has 0 aliphatic rings. The highest BCUT2D eigenvalue weighted by Gasteiger charge is 2.51. The molecule has 0 radical (unpaired) electrons. The minimum Gasteiger partial charge on any atom is -0.400 e. The summed E-state index contributed by atoms with van der Waals surface area (Å²) in [4.78, 5) is 17.6. The van der Waals surface area contributed by atoms with Crippen LogP contribution >= 0.6 is 0 Å². The normalized spacial score (nSPS) is 16.3. The minimum atomic E-state index is -2.83. The molecule has 1 heterocycles. The molecule has 0 aliphatic heterocycles. The number of pyridine rings is 1. The molecule has 2 aromatic carbocycles. The van der Waals surface area contributed by atoms with Crippen LogP contribution in [0.3, 0.4) is 0 Å². The van der Waals surface area contributed by atoms with Gasteiger partial charge in [0.2, 0.25) is 0 Å². The highest BCUT2D eigenvalue weighted by atomic mass is 28.4. The van der Waals surface area contributed by atoms with E-state index < -0.39 is 31.9 Å². The lowest BCUT2D eigenvalue weighted by Gasteiger charge is -2.45. The van der Waals surface area contributed by atoms with E-state index in [9.17, 15) is 20.1 Å². The second kappa shape index (κ2) is 19.0. The van der Waals surface area contributed by atoms with Crippen LogP contribution in [0.15, 0.2) is 102 Å². The fraction of sp³-hybridized carbons (Fsp3) is 0.500. The minimum absolute atomic E-state index is 0.0848. The summed E-state index contributed by atoms with van der Waals surface area (Å²) in [5.74, 6) is -0.882. The summed E-state index contributed by atoms with van der Waals surface area (Å²) in [6, 6.07) is 25.5. The van der Waals surface area contributed by atoms with Crippen molar-refractivity contribution in [3.63, 3.8) is 0 Å². The zero-order valence-electron chi connectivity index (χ0n) is 32.5. The largest absolute Gasteiger partial charge is 0.400 e. The number of carbonyl (C=O) groups excluding carboxylic acids is 1. The van der Waals surface area contributed by atoms with Gasteiger partial charge < -0.3 is 19.7 Å². The van der Waals surface area contributed by atoms with E-state index in [2.05, 4.69) is 118 Å². The maximum absolute atomic E-state index is 13.2. The number of aliphatic hydroxyl groups excluding tert-OH is 3. The lowest BCUT2D eigenvalue weighted by molar-refractivity contribution is -0.142. The van der Waals surface area contributed by atoms with Gasteiger partial charge in [-0.1, -0.05) is 133 Å². The van der Waals surface area contributed by atoms with E-state index in [-0.39, 0.29) is 35.9 Å². The van der Waals surface area contributed by atoms with Gasteiger partial charge in [-0.3, -0.25) is 9.78 Å². The fourth-order valence-electron chi connectivity index (χ4n) is 7.21. The van der Waals surface area contributed by atoms with Crippen LogP contribution in [0, 0.1) is 17.3 Å². The number of rotatable bonds is 19. The van der Waals surface area contributed by atoms with Gasteiger partial charge in [0.15, 0.2) is 0 Å². The van der Waals surface area contributed by atoms with Crippen LogP contribution in [0.4, 0.5) is 0 Å². The van der Waals surface area contributed by atoms with Crippen molar-refractivity contribution in [1.82, 2.24) is 4.98 Å². The van der Waals surface area contributed by atoms with Gasteiger partial charge >= 0.3 is 0 Å². The first kappa shape index (κ1) is 42.2. The number of hydrogen-bond donors (Lipinski definition) is 3. The molecule has 0 saturated carbocycles. The van der Waals surface area contributed by atoms with Crippen LogP contribution in [0.5, 0.6) is 0 Å². The maximum Gasteiger partial charge on any atom is 0.261 e. The molecule has 0 bridgehead atoms. The number of Topliss-reactive ketones (excluding diaryl/α,β-unsaturated/α-hetero) is 1. The first-order valence-electron chi connectivity index (χ1n) is 18.6. The van der Waals surface area contributed by atoms with Gasteiger partial charge in [-0.05, 0) is 84.5 Å². The second-order valence-electron chi connectivity index (χ2n) is 16.0. The Hall–Kier alpha value is -3.20. The Morgan fingerprint density at radius 1 is 0.882 bits per heavy atom. The third-order valence-electron chi connectivity index (χ3n) is 10.6. The average molecular weight is 714 g/mol. The fourth-order valence-corrected chi connectivity index (χ4v) is 11.9. The first-order valence-corrected chi connectivity index (χ1v) is 20.5. The van der Waals surface area contributed by atoms with Crippen molar-refractivity contribution in [2.45, 2.75) is 118 Å². The van der Waals surface area contributed by atoms with Crippen molar-refractivity contribution < 1.29 is 24.5 Å². The van der Waals surface area contributed by atoms with E-state index >= 15 is 0 Å². The summed E-state index contributed by atoms with van der Waals surface area (Å²) in [5, 5.41) is 33.2. The summed E-state index contributed by atoms with van der Waals surface area (Å²) >= 11 is 0. The van der Waals surface area contributed by atoms with E-state index in [0.717, 1.165) is 30.4 Å². The molecule has 0 spiro atoms. The van der Waals surface area contributed by atoms with E-state index in [1.165, 1.54) is 15.9 Å². The van der Waals surface area contributed by atoms with E-state index in [1.54, 1.807) is 27.0 Å². The summed E-state index contributed by atoms with van der Waals surface area (Å²) < 4.78 is 7.65. The van der Waals surface area contributed by atoms with Crippen LogP contribution in [-0.2, 0) is 9.22 Å². The molecule has 1 aromatic heterocycles. The molecule has 6 nitrogen and oxygen atoms in total. The third kappa shape index (κ3) is 10.9. The summed E-state index contributed by atoms with van der Waals surface area (Å²) in [5.41, 5.74) is 2.40. The Kier molecular flexibility index (Phi) is 15.8. The van der Waals surface area contributed by atoms with Crippen molar-refractivity contribution in [3.8, 4) is 0 Å². The van der Waals surface area contributed by atoms with Crippen LogP contribution in [0.25, 0.3) is 6.08 Å². The van der Waals surface area contributed by atoms with Crippen molar-refractivity contribution in [1.29, 1.82) is 0 Å². The SMILES string of the molecule is CC(=CC[C@H](O[Si](c1ccccc1)(c1ccccc1)C(C)(C)C)C(C)=Cc1cccnc1)CCC[C@H](C)[C@H](O)[C@@H](C)C(=O)C(C)(C)[C@@H](O)CCO. The molecule has 51 heavy (non-hydrogen) atoms. The highest BCUT2D eigenvalue weighted by Crippen LogP contribution is 2.39. The number of aromatic nitrogens is 1. The Morgan fingerprint density at radius 3 is 1.98 bits per heavy atom. The molecule has 0 aliphatic carbocycles. The van der Waals surface area contributed by atoms with Gasteiger partial charge in [-0.25, -0.2) is 0 Å². The van der Waals surface area contributed by atoms with Crippen LogP contribution in [-0.4, -0.2) is 59.3 Å². The molecule has 0 amide bonds. The molecular weight excluding hydrogens is 651 g/mol. The van der Waals surface area contributed by atoms with Gasteiger partial charge in [0.25, 0.3) is 8.32 Å². The molecule has 0 fully saturated rings. The molecule has 3 aromatic rings. The molecule has 0 saturated heterocycles. The first-order chi connectivity index (χ1) is 24.1. The number of hydrogen-bond acceptors (Lipinski definition) is 6. The maximum atomic E-state index is 13.2. The van der Waals surface area contributed by atoms with Crippen LogP contribution in [0.1, 0.15) is 100.0 Å². The Bertz CT molecular complexity index is 1510. The standard InChI is InChI=1S/C44H63NO5Si/c1-32(18-16-19-33(2)41(48)35(4)42(49)44(8,9)40(47)27-29-46)25-26-39(34(3)30-36-20-17-28-45-31-36)50-51(43(5,6)7,37-21-12-10-13-22-37)38-23-14-11-15-24-38/h10-15,17,20-25,28,30-31,33,35,39-41,46-48H,16,18-19,26-27,29H2,1-9H3/t33-,35+,39-,40-,41-/m0/s1. The van der Waals surface area contributed by atoms with Gasteiger partial charge in [0, 0.05) is 30.3 Å². The number of nitrogens with zero attached hydrogens (tertiary/aromatic N) is 1. The quantitative estimate of drug-likeness (QED) is 0.0863. The highest BCUT2D eigenvalue weighted by molar-refractivity contribution is 6.99. The van der Waals surface area contributed by atoms with Gasteiger partial charge in [0.05, 0.1) is 18.3 Å². The number of carbonyl (C=O) groups is 1. The number of benzene rings is 2. The average Bonchev–Trinajstić information content (AvgIpc) is 3.11. The van der Waals surface area contributed by atoms with Crippen molar-refractivity contribution in [3.05, 3.63) is 108 Å². The second-order valence-corrected chi connectivity index (χ2v) is 20.2. The summed E-state index contributed by atoms with van der Waals surface area (Å²) in [6.45, 7) is 18.2. The molecule has 5 atom stereocenters. The lowest BCUT2D eigenvalue weighted by Crippen LogP contribution is -2.67. The van der Waals surface area contributed by atoms with Gasteiger partial charge in [0.1, 0.15) is 5.78 Å². The van der Waals surface area contributed by atoms with Gasteiger partial charge in [-0.15, -0.1) is 0 Å². The molecular formula is C44H63NO5Si. The molecule has 3 N–H and O–H groups in total. The zero-order chi connectivity index (χ0) is 37.8. The van der Waals surface area contributed by atoms with Crippen LogP contribution < -0.4 is 10.4 Å². The zero-order valence-corrected chi connectivity index (χ0v) is 33.5. The predicted molar refractivity (Wildman–Crippen MR) is 213 cm³/mol. The predicted octanol–water partition coefficient (Wildman–Crippen LogP) is 7.91. The smallest absolute Gasteiger partial charge is 0.261 e. The summed E-state index contributed by atoms with van der Waals surface area (Å²) in [6.07, 6.45) is 9.58. The van der Waals surface area contributed by atoms with E-state index in [4.69, 9.17) is 4.43 Å². The molecule has 7 heteroatoms. The number of ketones is 1. The third-order valence-corrected chi connectivity index (χ3v) is 15.7. The Labute approximate surface area is 308 Å². The van der Waals surface area contributed by atoms with Crippen molar-refractivity contribution in [2.75, 3.05) is 6.61 Å². The monoisotopic (exact) mass is 713 g/mol. The Morgan fingerprint density at radius 2 is 1.47 bits per heavy atom. The molecule has 3 rings (SSSR count). The topological polar surface area (TPSA) is 99.9 Å². The lowest BCUT2D eigenvalue weighted by atomic mass is 9.73. The number of allylic oxidation sites excluding steroid dienone is 1. The number of aliphatic hydroxyl groups is 3. The Balaban J connectivity index is 1.85. The van der Waals surface area contributed by atoms with Crippen LogP contribution in [0.2, 0.25) is 5.04 Å². The summed E-state index contributed by atoms with van der Waals surface area (Å²) in [7, 11) is -2.83. The molecule has 0 unspecified atom stereocenters. The van der Waals surface area contributed by atoms with Gasteiger partial charge in [-0.2, -0.15) is 0 Å². The van der Waals surface area contributed by atoms with Crippen molar-refractivity contribution in [2.24, 2.45) is 17.3 Å². The molecule has 278 valence electrons. The van der Waals surface area contributed by atoms with E-state index in [0.29, 0.717) is 6.42 Å².